The van der Waals surface area contributed by atoms with Gasteiger partial charge in [0.15, 0.2) is 0 Å². The van der Waals surface area contributed by atoms with Crippen LogP contribution in [0.3, 0.4) is 0 Å². The number of nitrogens with zero attached hydrogens (tertiary/aromatic N) is 3. The van der Waals surface area contributed by atoms with Crippen LogP contribution in [-0.2, 0) is 9.53 Å². The zero-order valence-corrected chi connectivity index (χ0v) is 9.50. The number of rotatable bonds is 3. The Bertz CT molecular complexity index is 460. The third-order valence-electron chi connectivity index (χ3n) is 2.60. The van der Waals surface area contributed by atoms with Crippen molar-refractivity contribution in [2.24, 2.45) is 0 Å². The van der Waals surface area contributed by atoms with Crippen molar-refractivity contribution in [3.63, 3.8) is 0 Å². The number of nitrogens with one attached hydrogen (secondary N) is 1. The van der Waals surface area contributed by atoms with Crippen LogP contribution < -0.4 is 5.73 Å². The molecule has 2 heterocycles. The van der Waals surface area contributed by atoms with Crippen molar-refractivity contribution in [2.45, 2.75) is 12.5 Å². The summed E-state index contributed by atoms with van der Waals surface area (Å²) in [4.78, 5) is 28.0. The number of carbonyl (C=O) groups excluding carboxylic acids is 1. The van der Waals surface area contributed by atoms with Gasteiger partial charge in [-0.2, -0.15) is 4.98 Å². The molecule has 9 heteroatoms. The summed E-state index contributed by atoms with van der Waals surface area (Å²) in [6.07, 6.45) is -0.171. The molecule has 2 rings (SSSR count). The number of aliphatic carboxylic acids is 1. The number of ether oxygens (including phenoxy) is 1. The summed E-state index contributed by atoms with van der Waals surface area (Å²) < 4.78 is 5.18. The van der Waals surface area contributed by atoms with Crippen LogP contribution in [-0.4, -0.2) is 62.9 Å². The summed E-state index contributed by atoms with van der Waals surface area (Å²) in [5, 5.41) is 14.8. The van der Waals surface area contributed by atoms with Crippen molar-refractivity contribution in [3.8, 4) is 0 Å². The van der Waals surface area contributed by atoms with Gasteiger partial charge in [-0.05, 0) is 0 Å². The first-order chi connectivity index (χ1) is 8.58. The third kappa shape index (κ3) is 2.56. The van der Waals surface area contributed by atoms with Gasteiger partial charge in [0.2, 0.25) is 11.8 Å². The van der Waals surface area contributed by atoms with E-state index in [0.717, 1.165) is 0 Å². The minimum absolute atomic E-state index is 0.00443. The lowest BCUT2D eigenvalue weighted by atomic mass is 10.1. The fourth-order valence-electron chi connectivity index (χ4n) is 1.80. The Morgan fingerprint density at radius 3 is 3.00 bits per heavy atom. The van der Waals surface area contributed by atoms with Gasteiger partial charge >= 0.3 is 5.97 Å². The normalized spacial score (nSPS) is 19.8. The number of hydrogen-bond donors (Lipinski definition) is 3. The first-order valence-electron chi connectivity index (χ1n) is 5.36. The molecule has 9 nitrogen and oxygen atoms in total. The summed E-state index contributed by atoms with van der Waals surface area (Å²) in [6.45, 7) is 0.879. The fraction of sp³-hybridized carbons (Fsp3) is 0.556. The van der Waals surface area contributed by atoms with Crippen LogP contribution in [0.15, 0.2) is 0 Å². The second-order valence-corrected chi connectivity index (χ2v) is 3.87. The number of H-pyrrole nitrogens is 1. The van der Waals surface area contributed by atoms with Crippen molar-refractivity contribution >= 4 is 17.8 Å². The molecule has 98 valence electrons. The van der Waals surface area contributed by atoms with Gasteiger partial charge in [0.1, 0.15) is 0 Å². The van der Waals surface area contributed by atoms with Crippen LogP contribution in [0.1, 0.15) is 17.0 Å². The van der Waals surface area contributed by atoms with E-state index >= 15 is 0 Å². The summed E-state index contributed by atoms with van der Waals surface area (Å²) in [5.41, 5.74) is 5.32. The standard InChI is InChI=1S/C9H13N5O4/c10-9-11-7(12-13-9)8(17)14-1-2-18-4-5(14)3-6(15)16/h5H,1-4H2,(H,15,16)(H3,10,11,12,13). The molecule has 18 heavy (non-hydrogen) atoms. The van der Waals surface area contributed by atoms with Gasteiger partial charge in [0.25, 0.3) is 5.91 Å². The van der Waals surface area contributed by atoms with E-state index in [1.54, 1.807) is 0 Å². The molecule has 0 spiro atoms. The van der Waals surface area contributed by atoms with Crippen molar-refractivity contribution in [2.75, 3.05) is 25.5 Å². The molecule has 4 N–H and O–H groups in total. The molecule has 1 aromatic rings. The van der Waals surface area contributed by atoms with Gasteiger partial charge in [-0.1, -0.05) is 0 Å². The molecule has 0 radical (unpaired) electrons. The highest BCUT2D eigenvalue weighted by atomic mass is 16.5. The molecule has 1 saturated heterocycles. The first kappa shape index (κ1) is 12.3. The number of amides is 1. The molecule has 1 aromatic heterocycles. The van der Waals surface area contributed by atoms with Crippen LogP contribution >= 0.6 is 0 Å². The van der Waals surface area contributed by atoms with Gasteiger partial charge in [-0.3, -0.25) is 14.7 Å². The van der Waals surface area contributed by atoms with Gasteiger partial charge in [0.05, 0.1) is 25.7 Å². The van der Waals surface area contributed by atoms with Gasteiger partial charge in [-0.15, -0.1) is 5.10 Å². The lowest BCUT2D eigenvalue weighted by Crippen LogP contribution is -2.49. The van der Waals surface area contributed by atoms with Crippen LogP contribution in [0, 0.1) is 0 Å². The SMILES string of the molecule is Nc1n[nH]c(C(=O)N2CCOCC2CC(=O)O)n1. The summed E-state index contributed by atoms with van der Waals surface area (Å²) >= 11 is 0. The summed E-state index contributed by atoms with van der Waals surface area (Å²) in [6, 6.07) is -0.505. The van der Waals surface area contributed by atoms with Crippen LogP contribution in [0.2, 0.25) is 0 Å². The van der Waals surface area contributed by atoms with E-state index in [1.807, 2.05) is 0 Å². The van der Waals surface area contributed by atoms with Crippen molar-refractivity contribution in [3.05, 3.63) is 5.82 Å². The maximum atomic E-state index is 12.1. The maximum Gasteiger partial charge on any atom is 0.305 e. The third-order valence-corrected chi connectivity index (χ3v) is 2.60. The number of nitrogens with two attached hydrogens (primary N) is 1. The molecule has 1 amide bonds. The quantitative estimate of drug-likeness (QED) is 0.611. The molecule has 1 fully saturated rings. The van der Waals surface area contributed by atoms with E-state index in [-0.39, 0.29) is 24.8 Å². The van der Waals surface area contributed by atoms with E-state index < -0.39 is 17.9 Å². The number of nitrogen functional groups attached to an aromatic ring is 1. The Balaban J connectivity index is 2.13. The van der Waals surface area contributed by atoms with Gasteiger partial charge in [-0.25, -0.2) is 0 Å². The number of anilines is 1. The van der Waals surface area contributed by atoms with E-state index in [1.165, 1.54) is 4.90 Å². The van der Waals surface area contributed by atoms with Gasteiger partial charge in [0, 0.05) is 6.54 Å². The lowest BCUT2D eigenvalue weighted by Gasteiger charge is -2.34. The number of carbonyl (C=O) groups is 2. The van der Waals surface area contributed by atoms with Crippen molar-refractivity contribution < 1.29 is 19.4 Å². The Morgan fingerprint density at radius 1 is 1.61 bits per heavy atom. The molecule has 0 bridgehead atoms. The summed E-state index contributed by atoms with van der Waals surface area (Å²) in [5.74, 6) is -1.43. The maximum absolute atomic E-state index is 12.1. The monoisotopic (exact) mass is 255 g/mol. The number of aromatic amines is 1. The Labute approximate surface area is 102 Å². The average Bonchev–Trinajstić information content (AvgIpc) is 2.75. The highest BCUT2D eigenvalue weighted by Crippen LogP contribution is 2.13. The minimum atomic E-state index is -0.986. The average molecular weight is 255 g/mol. The summed E-state index contributed by atoms with van der Waals surface area (Å²) in [7, 11) is 0. The largest absolute Gasteiger partial charge is 0.481 e. The second kappa shape index (κ2) is 5.00. The highest BCUT2D eigenvalue weighted by Gasteiger charge is 2.31. The van der Waals surface area contributed by atoms with Crippen LogP contribution in [0.5, 0.6) is 0 Å². The molecule has 1 atom stereocenters. The molecular formula is C9H13N5O4. The van der Waals surface area contributed by atoms with Crippen LogP contribution in [0.25, 0.3) is 0 Å². The van der Waals surface area contributed by atoms with E-state index in [2.05, 4.69) is 15.2 Å². The van der Waals surface area contributed by atoms with E-state index in [0.29, 0.717) is 13.2 Å². The van der Waals surface area contributed by atoms with E-state index in [4.69, 9.17) is 15.6 Å². The molecule has 1 aliphatic heterocycles. The minimum Gasteiger partial charge on any atom is -0.481 e. The van der Waals surface area contributed by atoms with E-state index in [9.17, 15) is 9.59 Å². The Morgan fingerprint density at radius 2 is 2.39 bits per heavy atom. The fourth-order valence-corrected chi connectivity index (χ4v) is 1.80. The molecule has 1 unspecified atom stereocenters. The second-order valence-electron chi connectivity index (χ2n) is 3.87. The molecular weight excluding hydrogens is 242 g/mol. The highest BCUT2D eigenvalue weighted by molar-refractivity contribution is 5.91. The number of carboxylic acids is 1. The Hall–Kier alpha value is -2.16. The zero-order valence-electron chi connectivity index (χ0n) is 9.50. The molecule has 0 aliphatic carbocycles. The first-order valence-corrected chi connectivity index (χ1v) is 5.36. The molecule has 0 aromatic carbocycles. The number of hydrogen-bond acceptors (Lipinski definition) is 6. The zero-order chi connectivity index (χ0) is 13.1. The number of aromatic nitrogens is 3. The predicted molar refractivity (Wildman–Crippen MR) is 58.7 cm³/mol. The number of carboxylic acid groups (broad SMARTS) is 1. The van der Waals surface area contributed by atoms with Crippen molar-refractivity contribution in [1.82, 2.24) is 20.1 Å². The Kier molecular flexibility index (Phi) is 3.42. The topological polar surface area (TPSA) is 134 Å². The smallest absolute Gasteiger partial charge is 0.305 e. The van der Waals surface area contributed by atoms with Gasteiger partial charge < -0.3 is 20.5 Å². The molecule has 1 aliphatic rings. The van der Waals surface area contributed by atoms with Crippen LogP contribution in [0.4, 0.5) is 5.95 Å². The van der Waals surface area contributed by atoms with Crippen molar-refractivity contribution in [1.29, 1.82) is 0 Å². The number of morpholine rings is 1. The lowest BCUT2D eigenvalue weighted by molar-refractivity contribution is -0.139. The predicted octanol–water partition coefficient (Wildman–Crippen LogP) is -1.30. The molecule has 0 saturated carbocycles.